The molecule has 0 aliphatic heterocycles. The fourth-order valence-corrected chi connectivity index (χ4v) is 4.42. The zero-order chi connectivity index (χ0) is 25.0. The van der Waals surface area contributed by atoms with E-state index in [0.29, 0.717) is 6.04 Å². The van der Waals surface area contributed by atoms with E-state index in [0.717, 1.165) is 19.6 Å². The molecule has 2 nitrogen and oxygen atoms in total. The number of rotatable bonds is 27. The average Bonchev–Trinajstić information content (AvgIpc) is 2.83. The summed E-state index contributed by atoms with van der Waals surface area (Å²) >= 11 is 0. The molecule has 0 heterocycles. The van der Waals surface area contributed by atoms with Crippen LogP contribution in [-0.2, 0) is 4.74 Å². The van der Waals surface area contributed by atoms with Gasteiger partial charge in [-0.05, 0) is 59.0 Å². The van der Waals surface area contributed by atoms with Gasteiger partial charge in [-0.1, -0.05) is 128 Å². The lowest BCUT2D eigenvalue weighted by Gasteiger charge is -2.24. The average molecular weight is 478 g/mol. The van der Waals surface area contributed by atoms with Crippen molar-refractivity contribution < 1.29 is 4.74 Å². The van der Waals surface area contributed by atoms with Gasteiger partial charge >= 0.3 is 0 Å². The number of allylic oxidation sites excluding steroid dienone is 4. The molecule has 0 aromatic carbocycles. The second-order valence-electron chi connectivity index (χ2n) is 10.5. The third-order valence-corrected chi connectivity index (χ3v) is 6.92. The molecule has 0 spiro atoms. The van der Waals surface area contributed by atoms with Crippen LogP contribution in [0.25, 0.3) is 0 Å². The maximum absolute atomic E-state index is 6.04. The van der Waals surface area contributed by atoms with Crippen molar-refractivity contribution in [1.29, 1.82) is 0 Å². The van der Waals surface area contributed by atoms with Gasteiger partial charge in [0.2, 0.25) is 0 Å². The molecule has 0 N–H and O–H groups in total. The minimum atomic E-state index is 0.588. The first kappa shape index (κ1) is 33.4. The van der Waals surface area contributed by atoms with Crippen LogP contribution in [0, 0.1) is 0 Å². The molecule has 0 fully saturated rings. The van der Waals surface area contributed by atoms with Gasteiger partial charge in [0.05, 0.1) is 6.61 Å². The normalized spacial score (nSPS) is 13.1. The molecule has 0 bridgehead atoms. The van der Waals surface area contributed by atoms with Crippen LogP contribution in [0.2, 0.25) is 0 Å². The van der Waals surface area contributed by atoms with Gasteiger partial charge in [0, 0.05) is 12.6 Å². The number of ether oxygens (including phenoxy) is 1. The maximum Gasteiger partial charge on any atom is 0.0621 e. The molecule has 1 atom stereocenters. The third-order valence-electron chi connectivity index (χ3n) is 6.92. The van der Waals surface area contributed by atoms with Crippen molar-refractivity contribution in [1.82, 2.24) is 4.90 Å². The van der Waals surface area contributed by atoms with Gasteiger partial charge in [0.25, 0.3) is 0 Å². The van der Waals surface area contributed by atoms with Crippen molar-refractivity contribution in [2.24, 2.45) is 0 Å². The Morgan fingerprint density at radius 2 is 1.03 bits per heavy atom. The molecule has 2 heteroatoms. The van der Waals surface area contributed by atoms with Gasteiger partial charge < -0.3 is 9.64 Å². The standard InChI is InChI=1S/C32H63NO/c1-5-7-9-11-13-15-16-17-18-19-20-21-22-24-26-28-30-34-31-32(33(3)4)29-27-25-23-14-12-10-8-6-2/h13,15,17-18,32H,5-12,14,16,19-31H2,1-4H3/b15-13-,18-17-/t32-/m1/s1. The van der Waals surface area contributed by atoms with E-state index in [9.17, 15) is 0 Å². The van der Waals surface area contributed by atoms with Gasteiger partial charge in [0.15, 0.2) is 0 Å². The van der Waals surface area contributed by atoms with E-state index in [1.54, 1.807) is 0 Å². The molecule has 0 aliphatic carbocycles. The number of unbranched alkanes of at least 4 members (excludes halogenated alkanes) is 16. The Morgan fingerprint density at radius 3 is 1.62 bits per heavy atom. The number of nitrogens with zero attached hydrogens (tertiary/aromatic N) is 1. The number of likely N-dealkylation sites (N-methyl/N-ethyl adjacent to an activating group) is 1. The summed E-state index contributed by atoms with van der Waals surface area (Å²) in [5.74, 6) is 0. The molecule has 0 unspecified atom stereocenters. The first-order valence-electron chi connectivity index (χ1n) is 15.3. The van der Waals surface area contributed by atoms with Crippen LogP contribution in [-0.4, -0.2) is 38.3 Å². The molecule has 0 rings (SSSR count). The van der Waals surface area contributed by atoms with E-state index < -0.39 is 0 Å². The summed E-state index contributed by atoms with van der Waals surface area (Å²) in [5, 5.41) is 0. The first-order valence-corrected chi connectivity index (χ1v) is 15.3. The molecule has 0 saturated carbocycles. The zero-order valence-electron chi connectivity index (χ0n) is 24.0. The second-order valence-corrected chi connectivity index (χ2v) is 10.5. The second kappa shape index (κ2) is 28.6. The Kier molecular flexibility index (Phi) is 28.1. The van der Waals surface area contributed by atoms with E-state index in [2.05, 4.69) is 57.1 Å². The largest absolute Gasteiger partial charge is 0.380 e. The Bertz CT molecular complexity index is 429. The molecule has 0 radical (unpaired) electrons. The van der Waals surface area contributed by atoms with Crippen LogP contribution in [0.4, 0.5) is 0 Å². The summed E-state index contributed by atoms with van der Waals surface area (Å²) in [6, 6.07) is 0.588. The predicted molar refractivity (Wildman–Crippen MR) is 155 cm³/mol. The van der Waals surface area contributed by atoms with Gasteiger partial charge in [-0.2, -0.15) is 0 Å². The Balaban J connectivity index is 3.44. The van der Waals surface area contributed by atoms with E-state index in [1.165, 1.54) is 128 Å². The molecule has 0 saturated heterocycles. The summed E-state index contributed by atoms with van der Waals surface area (Å²) in [6.45, 7) is 6.41. The molecule has 0 aromatic rings. The lowest BCUT2D eigenvalue weighted by Crippen LogP contribution is -2.32. The van der Waals surface area contributed by atoms with Crippen LogP contribution in [0.3, 0.4) is 0 Å². The smallest absolute Gasteiger partial charge is 0.0621 e. The lowest BCUT2D eigenvalue weighted by atomic mass is 10.0. The zero-order valence-corrected chi connectivity index (χ0v) is 24.0. The van der Waals surface area contributed by atoms with Gasteiger partial charge in [-0.15, -0.1) is 0 Å². The van der Waals surface area contributed by atoms with Crippen molar-refractivity contribution in [2.75, 3.05) is 27.3 Å². The highest BCUT2D eigenvalue weighted by Crippen LogP contribution is 2.13. The van der Waals surface area contributed by atoms with Gasteiger partial charge in [-0.3, -0.25) is 0 Å². The van der Waals surface area contributed by atoms with Crippen molar-refractivity contribution in [2.45, 2.75) is 155 Å². The molecule has 202 valence electrons. The minimum absolute atomic E-state index is 0.588. The predicted octanol–water partition coefficient (Wildman–Crippen LogP) is 10.3. The summed E-state index contributed by atoms with van der Waals surface area (Å²) in [5.41, 5.74) is 0. The third kappa shape index (κ3) is 26.0. The molecule has 0 aliphatic rings. The Labute approximate surface area is 216 Å². The summed E-state index contributed by atoms with van der Waals surface area (Å²) < 4.78 is 6.04. The fourth-order valence-electron chi connectivity index (χ4n) is 4.42. The Morgan fingerprint density at radius 1 is 0.559 bits per heavy atom. The molecular formula is C32H63NO. The first-order chi connectivity index (χ1) is 16.7. The lowest BCUT2D eigenvalue weighted by molar-refractivity contribution is 0.0721. The van der Waals surface area contributed by atoms with E-state index in [-0.39, 0.29) is 0 Å². The van der Waals surface area contributed by atoms with Crippen LogP contribution in [0.1, 0.15) is 149 Å². The Hall–Kier alpha value is -0.600. The number of hydrogen-bond donors (Lipinski definition) is 0. The van der Waals surface area contributed by atoms with Crippen molar-refractivity contribution in [3.8, 4) is 0 Å². The highest BCUT2D eigenvalue weighted by molar-refractivity contribution is 4.92. The van der Waals surface area contributed by atoms with Crippen molar-refractivity contribution in [3.05, 3.63) is 24.3 Å². The summed E-state index contributed by atoms with van der Waals surface area (Å²) in [7, 11) is 4.42. The maximum atomic E-state index is 6.04. The molecule has 0 amide bonds. The van der Waals surface area contributed by atoms with E-state index in [4.69, 9.17) is 4.74 Å². The van der Waals surface area contributed by atoms with Crippen molar-refractivity contribution >= 4 is 0 Å². The molecular weight excluding hydrogens is 414 g/mol. The monoisotopic (exact) mass is 477 g/mol. The highest BCUT2D eigenvalue weighted by atomic mass is 16.5. The minimum Gasteiger partial charge on any atom is -0.380 e. The SMILES string of the molecule is CCCCC/C=C\C/C=C\CCCCCCCCOC[C@@H](CCCCCCCCCC)N(C)C. The van der Waals surface area contributed by atoms with Crippen LogP contribution in [0.15, 0.2) is 24.3 Å². The van der Waals surface area contributed by atoms with Crippen molar-refractivity contribution in [3.63, 3.8) is 0 Å². The van der Waals surface area contributed by atoms with Crippen LogP contribution in [0.5, 0.6) is 0 Å². The van der Waals surface area contributed by atoms with Gasteiger partial charge in [0.1, 0.15) is 0 Å². The van der Waals surface area contributed by atoms with Crippen LogP contribution >= 0.6 is 0 Å². The number of hydrogen-bond acceptors (Lipinski definition) is 2. The molecule has 0 aromatic heterocycles. The molecule has 34 heavy (non-hydrogen) atoms. The van der Waals surface area contributed by atoms with Gasteiger partial charge in [-0.25, -0.2) is 0 Å². The van der Waals surface area contributed by atoms with E-state index >= 15 is 0 Å². The summed E-state index contributed by atoms with van der Waals surface area (Å²) in [6.07, 6.45) is 37.5. The summed E-state index contributed by atoms with van der Waals surface area (Å²) in [4.78, 5) is 2.36. The topological polar surface area (TPSA) is 12.5 Å². The van der Waals surface area contributed by atoms with E-state index in [1.807, 2.05) is 0 Å². The fraction of sp³-hybridized carbons (Fsp3) is 0.875. The quantitative estimate of drug-likeness (QED) is 0.0861. The highest BCUT2D eigenvalue weighted by Gasteiger charge is 2.11. The van der Waals surface area contributed by atoms with Crippen LogP contribution < -0.4 is 0 Å².